The van der Waals surface area contributed by atoms with Crippen LogP contribution < -0.4 is 0 Å². The van der Waals surface area contributed by atoms with Crippen molar-refractivity contribution in [2.24, 2.45) is 5.41 Å². The third-order valence-corrected chi connectivity index (χ3v) is 3.81. The summed E-state index contributed by atoms with van der Waals surface area (Å²) in [6, 6.07) is 0. The molecule has 1 unspecified atom stereocenters. The van der Waals surface area contributed by atoms with Gasteiger partial charge in [-0.25, -0.2) is 4.67 Å². The average molecular weight is 207 g/mol. The van der Waals surface area contributed by atoms with Crippen LogP contribution in [0.25, 0.3) is 0 Å². The van der Waals surface area contributed by atoms with E-state index in [9.17, 15) is 4.57 Å². The molecule has 0 aliphatic carbocycles. The van der Waals surface area contributed by atoms with E-state index in [4.69, 9.17) is 4.52 Å². The van der Waals surface area contributed by atoms with Crippen LogP contribution in [0.5, 0.6) is 0 Å². The molecule has 0 aromatic rings. The van der Waals surface area contributed by atoms with E-state index in [0.29, 0.717) is 6.61 Å². The Bertz CT molecular complexity index is 198. The van der Waals surface area contributed by atoms with Crippen LogP contribution in [-0.2, 0) is 9.09 Å². The van der Waals surface area contributed by atoms with E-state index in [1.807, 2.05) is 18.6 Å². The first-order valence-corrected chi connectivity index (χ1v) is 6.65. The summed E-state index contributed by atoms with van der Waals surface area (Å²) in [6.07, 6.45) is 0. The number of hydrogen-bond donors (Lipinski definition) is 0. The summed E-state index contributed by atoms with van der Waals surface area (Å²) in [5.74, 6) is 0. The van der Waals surface area contributed by atoms with Gasteiger partial charge >= 0.3 is 0 Å². The van der Waals surface area contributed by atoms with E-state index < -0.39 is 7.52 Å². The third kappa shape index (κ3) is 5.45. The summed E-state index contributed by atoms with van der Waals surface area (Å²) >= 11 is 0. The van der Waals surface area contributed by atoms with Gasteiger partial charge in [0.25, 0.3) is 7.52 Å². The molecule has 0 rings (SSSR count). The van der Waals surface area contributed by atoms with Crippen LogP contribution in [0.2, 0.25) is 0 Å². The maximum absolute atomic E-state index is 11.9. The van der Waals surface area contributed by atoms with Gasteiger partial charge in [0.1, 0.15) is 0 Å². The van der Waals surface area contributed by atoms with Crippen LogP contribution in [0.15, 0.2) is 0 Å². The van der Waals surface area contributed by atoms with Gasteiger partial charge < -0.3 is 4.52 Å². The molecule has 0 aliphatic rings. The van der Waals surface area contributed by atoms with Crippen molar-refractivity contribution in [2.45, 2.75) is 27.7 Å². The molecule has 0 bridgehead atoms. The molecule has 0 amide bonds. The average Bonchev–Trinajstić information content (AvgIpc) is 1.82. The summed E-state index contributed by atoms with van der Waals surface area (Å²) in [6.45, 7) is 11.2. The van der Waals surface area contributed by atoms with Crippen molar-refractivity contribution in [1.29, 1.82) is 0 Å². The maximum atomic E-state index is 11.9. The Morgan fingerprint density at radius 2 is 1.85 bits per heavy atom. The lowest BCUT2D eigenvalue weighted by atomic mass is 9.97. The fourth-order valence-corrected chi connectivity index (χ4v) is 2.51. The van der Waals surface area contributed by atoms with E-state index in [1.54, 1.807) is 6.66 Å². The van der Waals surface area contributed by atoms with Gasteiger partial charge in [0.15, 0.2) is 0 Å². The SMILES string of the molecule is CCOP(C)(=O)N(C)CC(C)(C)C. The molecule has 80 valence electrons. The Labute approximate surface area is 82.0 Å². The van der Waals surface area contributed by atoms with Gasteiger partial charge in [0.2, 0.25) is 0 Å². The fraction of sp³-hybridized carbons (Fsp3) is 1.00. The topological polar surface area (TPSA) is 29.5 Å². The van der Waals surface area contributed by atoms with Crippen molar-refractivity contribution in [3.05, 3.63) is 0 Å². The Balaban J connectivity index is 4.25. The van der Waals surface area contributed by atoms with Crippen molar-refractivity contribution in [3.8, 4) is 0 Å². The second kappa shape index (κ2) is 4.59. The molecule has 0 aliphatic heterocycles. The lowest BCUT2D eigenvalue weighted by Crippen LogP contribution is -2.27. The van der Waals surface area contributed by atoms with Gasteiger partial charge in [-0.1, -0.05) is 20.8 Å². The molecular weight excluding hydrogens is 185 g/mol. The van der Waals surface area contributed by atoms with E-state index in [1.165, 1.54) is 0 Å². The minimum atomic E-state index is -2.55. The first-order chi connectivity index (χ1) is 5.69. The Morgan fingerprint density at radius 3 is 2.15 bits per heavy atom. The second-order valence-electron chi connectivity index (χ2n) is 4.60. The molecule has 0 aromatic heterocycles. The smallest absolute Gasteiger partial charge is 0.269 e. The molecule has 0 fully saturated rings. The molecule has 4 heteroatoms. The molecule has 0 aromatic carbocycles. The Hall–Kier alpha value is 0.150. The van der Waals surface area contributed by atoms with Crippen LogP contribution in [0.4, 0.5) is 0 Å². The zero-order valence-electron chi connectivity index (χ0n) is 9.63. The van der Waals surface area contributed by atoms with E-state index in [0.717, 1.165) is 6.54 Å². The van der Waals surface area contributed by atoms with Gasteiger partial charge in [0.05, 0.1) is 6.61 Å². The zero-order chi connectivity index (χ0) is 10.7. The van der Waals surface area contributed by atoms with Gasteiger partial charge in [-0.2, -0.15) is 0 Å². The lowest BCUT2D eigenvalue weighted by molar-refractivity contribution is 0.250. The van der Waals surface area contributed by atoms with Gasteiger partial charge in [-0.05, 0) is 19.4 Å². The fourth-order valence-electron chi connectivity index (χ4n) is 1.15. The predicted molar refractivity (Wildman–Crippen MR) is 57.2 cm³/mol. The monoisotopic (exact) mass is 207 g/mol. The molecule has 3 nitrogen and oxygen atoms in total. The number of hydrogen-bond acceptors (Lipinski definition) is 2. The summed E-state index contributed by atoms with van der Waals surface area (Å²) in [4.78, 5) is 0. The molecule has 0 saturated carbocycles. The Morgan fingerprint density at radius 1 is 1.38 bits per heavy atom. The van der Waals surface area contributed by atoms with Crippen LogP contribution in [-0.4, -0.2) is 31.5 Å². The van der Waals surface area contributed by atoms with Crippen molar-refractivity contribution in [2.75, 3.05) is 26.9 Å². The van der Waals surface area contributed by atoms with Crippen LogP contribution in [0.3, 0.4) is 0 Å². The number of rotatable bonds is 4. The highest BCUT2D eigenvalue weighted by molar-refractivity contribution is 7.55. The first-order valence-electron chi connectivity index (χ1n) is 4.63. The molecule has 0 N–H and O–H groups in total. The highest BCUT2D eigenvalue weighted by atomic mass is 31.2. The normalized spacial score (nSPS) is 17.5. The summed E-state index contributed by atoms with van der Waals surface area (Å²) in [7, 11) is -0.698. The molecule has 13 heavy (non-hydrogen) atoms. The summed E-state index contributed by atoms with van der Waals surface area (Å²) in [5.41, 5.74) is 0.150. The van der Waals surface area contributed by atoms with E-state index in [2.05, 4.69) is 20.8 Å². The minimum Gasteiger partial charge on any atom is -0.318 e. The molecule has 1 atom stereocenters. The van der Waals surface area contributed by atoms with E-state index >= 15 is 0 Å². The van der Waals surface area contributed by atoms with Crippen molar-refractivity contribution in [1.82, 2.24) is 4.67 Å². The number of nitrogens with zero attached hydrogens (tertiary/aromatic N) is 1. The molecular formula is C9H22NO2P. The van der Waals surface area contributed by atoms with Gasteiger partial charge in [-0.3, -0.25) is 4.57 Å². The summed E-state index contributed by atoms with van der Waals surface area (Å²) in [5, 5.41) is 0. The Kier molecular flexibility index (Phi) is 4.64. The standard InChI is InChI=1S/C9H22NO2P/c1-7-12-13(6,11)10(5)8-9(2,3)4/h7-8H2,1-6H3. The molecule has 0 spiro atoms. The second-order valence-corrected chi connectivity index (χ2v) is 7.14. The van der Waals surface area contributed by atoms with E-state index in [-0.39, 0.29) is 5.41 Å². The van der Waals surface area contributed by atoms with Crippen LogP contribution in [0.1, 0.15) is 27.7 Å². The summed E-state index contributed by atoms with van der Waals surface area (Å²) < 4.78 is 18.9. The quantitative estimate of drug-likeness (QED) is 0.664. The first kappa shape index (κ1) is 13.2. The predicted octanol–water partition coefficient (Wildman–Crippen LogP) is 2.82. The van der Waals surface area contributed by atoms with Gasteiger partial charge in [0, 0.05) is 13.2 Å². The highest BCUT2D eigenvalue weighted by Crippen LogP contribution is 2.46. The minimum absolute atomic E-state index is 0.150. The van der Waals surface area contributed by atoms with Crippen molar-refractivity contribution < 1.29 is 9.09 Å². The molecule has 0 radical (unpaired) electrons. The van der Waals surface area contributed by atoms with Crippen LogP contribution >= 0.6 is 7.52 Å². The maximum Gasteiger partial charge on any atom is 0.269 e. The zero-order valence-corrected chi connectivity index (χ0v) is 10.5. The molecule has 0 saturated heterocycles. The highest BCUT2D eigenvalue weighted by Gasteiger charge is 2.25. The third-order valence-electron chi connectivity index (χ3n) is 1.69. The largest absolute Gasteiger partial charge is 0.318 e. The lowest BCUT2D eigenvalue weighted by Gasteiger charge is -2.30. The van der Waals surface area contributed by atoms with Crippen molar-refractivity contribution >= 4 is 7.52 Å². The van der Waals surface area contributed by atoms with Gasteiger partial charge in [-0.15, -0.1) is 0 Å². The van der Waals surface area contributed by atoms with Crippen molar-refractivity contribution in [3.63, 3.8) is 0 Å². The molecule has 0 heterocycles. The van der Waals surface area contributed by atoms with Crippen LogP contribution in [0, 0.1) is 5.41 Å².